The minimum atomic E-state index is -0.565. The van der Waals surface area contributed by atoms with Crippen molar-refractivity contribution >= 4 is 0 Å². The van der Waals surface area contributed by atoms with Gasteiger partial charge in [-0.1, -0.05) is 6.07 Å². The molecule has 0 aliphatic carbocycles. The van der Waals surface area contributed by atoms with Crippen LogP contribution in [-0.4, -0.2) is 16.7 Å². The highest BCUT2D eigenvalue weighted by molar-refractivity contribution is 5.58. The number of rotatable bonds is 3. The van der Waals surface area contributed by atoms with Gasteiger partial charge in [-0.3, -0.25) is 4.57 Å². The second-order valence-electron chi connectivity index (χ2n) is 4.84. The van der Waals surface area contributed by atoms with Gasteiger partial charge in [0.15, 0.2) is 0 Å². The zero-order valence-corrected chi connectivity index (χ0v) is 11.2. The first-order valence-electron chi connectivity index (χ1n) is 5.88. The van der Waals surface area contributed by atoms with Crippen LogP contribution >= 0.6 is 0 Å². The molecule has 0 bridgehead atoms. The Morgan fingerprint density at radius 2 is 2.16 bits per heavy atom. The quantitative estimate of drug-likeness (QED) is 0.910. The van der Waals surface area contributed by atoms with Gasteiger partial charge in [0, 0.05) is 0 Å². The molecule has 0 atom stereocenters. The molecule has 2 aromatic rings. The number of hydrogen-bond acceptors (Lipinski definition) is 4. The molecule has 0 aliphatic heterocycles. The lowest BCUT2D eigenvalue weighted by atomic mass is 10.0. The minimum absolute atomic E-state index is 0.517. The Morgan fingerprint density at radius 1 is 1.42 bits per heavy atom. The van der Waals surface area contributed by atoms with E-state index in [0.29, 0.717) is 17.0 Å². The van der Waals surface area contributed by atoms with Gasteiger partial charge in [-0.15, -0.1) is 0 Å². The number of nitrogens with zero attached hydrogens (tertiary/aromatic N) is 3. The van der Waals surface area contributed by atoms with Crippen LogP contribution in [0.15, 0.2) is 30.7 Å². The molecule has 1 aromatic carbocycles. The molecular weight excluding hydrogens is 240 g/mol. The largest absolute Gasteiger partial charge is 0.495 e. The molecule has 0 saturated heterocycles. The fourth-order valence-corrected chi connectivity index (χ4v) is 1.98. The number of benzene rings is 1. The third-order valence-electron chi connectivity index (χ3n) is 2.88. The summed E-state index contributed by atoms with van der Waals surface area (Å²) in [5.74, 6) is 0.613. The highest BCUT2D eigenvalue weighted by atomic mass is 16.5. The summed E-state index contributed by atoms with van der Waals surface area (Å²) in [6.45, 7) is 3.78. The van der Waals surface area contributed by atoms with Gasteiger partial charge in [0.05, 0.1) is 36.4 Å². The monoisotopic (exact) mass is 256 g/mol. The number of nitrogens with two attached hydrogens (primary N) is 1. The summed E-state index contributed by atoms with van der Waals surface area (Å²) >= 11 is 0. The van der Waals surface area contributed by atoms with E-state index in [4.69, 9.17) is 10.5 Å². The van der Waals surface area contributed by atoms with Gasteiger partial charge in [0.1, 0.15) is 17.5 Å². The number of hydrogen-bond donors (Lipinski definition) is 1. The molecule has 98 valence electrons. The van der Waals surface area contributed by atoms with Gasteiger partial charge in [-0.2, -0.15) is 5.26 Å². The van der Waals surface area contributed by atoms with E-state index >= 15 is 0 Å². The van der Waals surface area contributed by atoms with Gasteiger partial charge < -0.3 is 10.5 Å². The Balaban J connectivity index is 2.73. The van der Waals surface area contributed by atoms with Crippen molar-refractivity contribution in [1.82, 2.24) is 9.55 Å². The van der Waals surface area contributed by atoms with Gasteiger partial charge in [-0.05, 0) is 26.0 Å². The van der Waals surface area contributed by atoms with E-state index in [-0.39, 0.29) is 0 Å². The van der Waals surface area contributed by atoms with E-state index in [1.165, 1.54) is 0 Å². The maximum absolute atomic E-state index is 9.26. The lowest BCUT2D eigenvalue weighted by Crippen LogP contribution is -2.31. The van der Waals surface area contributed by atoms with Crippen molar-refractivity contribution in [2.45, 2.75) is 19.4 Å². The lowest BCUT2D eigenvalue weighted by molar-refractivity contribution is 0.411. The molecule has 2 rings (SSSR count). The summed E-state index contributed by atoms with van der Waals surface area (Å²) in [6, 6.07) is 7.50. The second kappa shape index (κ2) is 4.75. The Bertz CT molecular complexity index is 632. The Labute approximate surface area is 112 Å². The molecule has 0 amide bonds. The standard InChI is InChI=1S/C14H16N4O/c1-14(2,16)12-8-17-9-18(12)13-10(7-15)5-4-6-11(13)19-3/h4-6,8-9H,16H2,1-3H3. The zero-order valence-electron chi connectivity index (χ0n) is 11.2. The molecule has 1 heterocycles. The van der Waals surface area contributed by atoms with Crippen molar-refractivity contribution in [3.8, 4) is 17.5 Å². The van der Waals surface area contributed by atoms with Gasteiger partial charge >= 0.3 is 0 Å². The van der Waals surface area contributed by atoms with Crippen LogP contribution in [0.4, 0.5) is 0 Å². The van der Waals surface area contributed by atoms with E-state index in [2.05, 4.69) is 11.1 Å². The molecule has 19 heavy (non-hydrogen) atoms. The average molecular weight is 256 g/mol. The van der Waals surface area contributed by atoms with Crippen molar-refractivity contribution < 1.29 is 4.74 Å². The summed E-state index contributed by atoms with van der Waals surface area (Å²) in [6.07, 6.45) is 3.34. The van der Waals surface area contributed by atoms with Crippen molar-refractivity contribution in [2.24, 2.45) is 5.73 Å². The number of aromatic nitrogens is 2. The number of ether oxygens (including phenoxy) is 1. The van der Waals surface area contributed by atoms with Crippen LogP contribution in [0.25, 0.3) is 5.69 Å². The number of nitriles is 1. The summed E-state index contributed by atoms with van der Waals surface area (Å²) in [5.41, 5.74) is 7.57. The fraction of sp³-hybridized carbons (Fsp3) is 0.286. The second-order valence-corrected chi connectivity index (χ2v) is 4.84. The fourth-order valence-electron chi connectivity index (χ4n) is 1.98. The Hall–Kier alpha value is -2.32. The van der Waals surface area contributed by atoms with Crippen LogP contribution in [0.2, 0.25) is 0 Å². The van der Waals surface area contributed by atoms with Crippen LogP contribution in [-0.2, 0) is 5.54 Å². The lowest BCUT2D eigenvalue weighted by Gasteiger charge is -2.22. The molecule has 2 N–H and O–H groups in total. The molecule has 0 fully saturated rings. The summed E-state index contributed by atoms with van der Waals surface area (Å²) in [7, 11) is 1.57. The molecular formula is C14H16N4O. The molecule has 0 aliphatic rings. The normalized spacial score (nSPS) is 11.1. The number of imidazole rings is 1. The topological polar surface area (TPSA) is 76.9 Å². The van der Waals surface area contributed by atoms with Crippen LogP contribution in [0, 0.1) is 11.3 Å². The predicted molar refractivity (Wildman–Crippen MR) is 72.0 cm³/mol. The van der Waals surface area contributed by atoms with Gasteiger partial charge in [0.25, 0.3) is 0 Å². The highest BCUT2D eigenvalue weighted by Crippen LogP contribution is 2.30. The Kier molecular flexibility index (Phi) is 3.28. The maximum atomic E-state index is 9.26. The van der Waals surface area contributed by atoms with E-state index in [1.54, 1.807) is 36.3 Å². The van der Waals surface area contributed by atoms with Crippen molar-refractivity contribution in [3.05, 3.63) is 42.0 Å². The number of methoxy groups -OCH3 is 1. The van der Waals surface area contributed by atoms with Crippen molar-refractivity contribution in [1.29, 1.82) is 5.26 Å². The molecule has 0 radical (unpaired) electrons. The van der Waals surface area contributed by atoms with Crippen molar-refractivity contribution in [3.63, 3.8) is 0 Å². The maximum Gasteiger partial charge on any atom is 0.144 e. The molecule has 0 saturated carbocycles. The van der Waals surface area contributed by atoms with Crippen LogP contribution < -0.4 is 10.5 Å². The third-order valence-corrected chi connectivity index (χ3v) is 2.88. The van der Waals surface area contributed by atoms with E-state index in [1.807, 2.05) is 19.9 Å². The first-order chi connectivity index (χ1) is 8.99. The Morgan fingerprint density at radius 3 is 2.74 bits per heavy atom. The molecule has 1 aromatic heterocycles. The summed E-state index contributed by atoms with van der Waals surface area (Å²) in [5, 5.41) is 9.26. The molecule has 0 unspecified atom stereocenters. The third kappa shape index (κ3) is 2.30. The smallest absolute Gasteiger partial charge is 0.144 e. The van der Waals surface area contributed by atoms with E-state index < -0.39 is 5.54 Å². The molecule has 0 spiro atoms. The van der Waals surface area contributed by atoms with Crippen molar-refractivity contribution in [2.75, 3.05) is 7.11 Å². The highest BCUT2D eigenvalue weighted by Gasteiger charge is 2.22. The van der Waals surface area contributed by atoms with Crippen LogP contribution in [0.3, 0.4) is 0 Å². The summed E-state index contributed by atoms with van der Waals surface area (Å²) in [4.78, 5) is 4.13. The van der Waals surface area contributed by atoms with Crippen LogP contribution in [0.1, 0.15) is 25.1 Å². The first kappa shape index (κ1) is 13.1. The van der Waals surface area contributed by atoms with Gasteiger partial charge in [0.2, 0.25) is 0 Å². The van der Waals surface area contributed by atoms with E-state index in [0.717, 1.165) is 5.69 Å². The molecule has 5 nitrogen and oxygen atoms in total. The van der Waals surface area contributed by atoms with E-state index in [9.17, 15) is 5.26 Å². The molecule has 5 heteroatoms. The average Bonchev–Trinajstić information content (AvgIpc) is 2.86. The zero-order chi connectivity index (χ0) is 14.0. The number of para-hydroxylation sites is 1. The summed E-state index contributed by atoms with van der Waals surface area (Å²) < 4.78 is 7.14. The SMILES string of the molecule is COc1cccc(C#N)c1-n1cncc1C(C)(C)N. The van der Waals surface area contributed by atoms with Crippen LogP contribution in [0.5, 0.6) is 5.75 Å². The first-order valence-corrected chi connectivity index (χ1v) is 5.88. The van der Waals surface area contributed by atoms with Gasteiger partial charge in [-0.25, -0.2) is 4.98 Å². The predicted octanol–water partition coefficient (Wildman–Crippen LogP) is 1.95. The minimum Gasteiger partial charge on any atom is -0.495 e.